The molecule has 5 nitrogen and oxygen atoms in total. The molecule has 1 aliphatic heterocycles. The van der Waals surface area contributed by atoms with Gasteiger partial charge < -0.3 is 10.2 Å². The lowest BCUT2D eigenvalue weighted by molar-refractivity contribution is -0.120. The zero-order valence-electron chi connectivity index (χ0n) is 19.9. The van der Waals surface area contributed by atoms with Gasteiger partial charge in [0.05, 0.1) is 11.3 Å². The van der Waals surface area contributed by atoms with E-state index in [2.05, 4.69) is 24.1 Å². The lowest BCUT2D eigenvalue weighted by atomic mass is 9.97. The van der Waals surface area contributed by atoms with Crippen LogP contribution in [0.5, 0.6) is 0 Å². The Hall–Kier alpha value is -3.93. The smallest absolute Gasteiger partial charge is 0.282 e. The van der Waals surface area contributed by atoms with Gasteiger partial charge in [-0.1, -0.05) is 35.9 Å². The van der Waals surface area contributed by atoms with Gasteiger partial charge in [0.25, 0.3) is 11.8 Å². The van der Waals surface area contributed by atoms with Crippen LogP contribution in [0.1, 0.15) is 30.5 Å². The number of benzene rings is 3. The summed E-state index contributed by atoms with van der Waals surface area (Å²) in [6.45, 7) is 9.82. The number of imide groups is 1. The van der Waals surface area contributed by atoms with E-state index in [-0.39, 0.29) is 17.0 Å². The Labute approximate surface area is 199 Å². The van der Waals surface area contributed by atoms with Gasteiger partial charge in [0.15, 0.2) is 0 Å². The van der Waals surface area contributed by atoms with Crippen molar-refractivity contribution in [2.45, 2.75) is 27.7 Å². The Balaban J connectivity index is 1.79. The molecule has 6 heteroatoms. The van der Waals surface area contributed by atoms with Crippen molar-refractivity contribution >= 4 is 34.4 Å². The van der Waals surface area contributed by atoms with Crippen molar-refractivity contribution < 1.29 is 14.0 Å². The zero-order valence-corrected chi connectivity index (χ0v) is 19.9. The third-order valence-electron chi connectivity index (χ3n) is 6.09. The Morgan fingerprint density at radius 2 is 1.56 bits per heavy atom. The van der Waals surface area contributed by atoms with E-state index < -0.39 is 17.6 Å². The van der Waals surface area contributed by atoms with E-state index in [1.165, 1.54) is 18.2 Å². The summed E-state index contributed by atoms with van der Waals surface area (Å²) in [5.74, 6) is -1.77. The average molecular weight is 458 g/mol. The lowest BCUT2D eigenvalue weighted by Gasteiger charge is -2.21. The molecule has 0 unspecified atom stereocenters. The van der Waals surface area contributed by atoms with Crippen LogP contribution in [0, 0.1) is 19.7 Å². The number of rotatable bonds is 7. The summed E-state index contributed by atoms with van der Waals surface area (Å²) in [6.07, 6.45) is 0. The second-order valence-corrected chi connectivity index (χ2v) is 8.31. The zero-order chi connectivity index (χ0) is 24.4. The van der Waals surface area contributed by atoms with E-state index in [4.69, 9.17) is 0 Å². The highest BCUT2D eigenvalue weighted by atomic mass is 19.1. The molecule has 0 saturated heterocycles. The third-order valence-corrected chi connectivity index (χ3v) is 6.09. The molecule has 0 atom stereocenters. The van der Waals surface area contributed by atoms with Crippen LogP contribution >= 0.6 is 0 Å². The molecule has 0 aromatic heterocycles. The Morgan fingerprint density at radius 1 is 0.882 bits per heavy atom. The standard InChI is InChI=1S/C28H28FN3O2/c1-5-31(6-2)21-14-12-20(13-15-21)30-26-25(22-16-11-18(3)17-19(22)4)27(33)32(28(26)34)24-10-8-7-9-23(24)29/h7-17,30H,5-6H2,1-4H3. The SMILES string of the molecule is CCN(CC)c1ccc(NC2=C(c3ccc(C)cc3C)C(=O)N(c3ccccc3F)C2=O)cc1. The molecule has 0 spiro atoms. The predicted molar refractivity (Wildman–Crippen MR) is 135 cm³/mol. The number of nitrogens with one attached hydrogen (secondary N) is 1. The van der Waals surface area contributed by atoms with Crippen molar-refractivity contribution in [2.75, 3.05) is 28.2 Å². The van der Waals surface area contributed by atoms with Crippen molar-refractivity contribution in [3.05, 3.63) is 94.9 Å². The summed E-state index contributed by atoms with van der Waals surface area (Å²) in [4.78, 5) is 30.2. The van der Waals surface area contributed by atoms with Crippen molar-refractivity contribution in [3.8, 4) is 0 Å². The van der Waals surface area contributed by atoms with Crippen LogP contribution in [-0.4, -0.2) is 24.9 Å². The molecule has 174 valence electrons. The fourth-order valence-electron chi connectivity index (χ4n) is 4.33. The van der Waals surface area contributed by atoms with Gasteiger partial charge in [0.1, 0.15) is 11.5 Å². The van der Waals surface area contributed by atoms with Crippen LogP contribution in [0.2, 0.25) is 0 Å². The minimum absolute atomic E-state index is 0.0616. The molecule has 2 amide bonds. The number of hydrogen-bond donors (Lipinski definition) is 1. The van der Waals surface area contributed by atoms with E-state index in [1.807, 2.05) is 56.3 Å². The van der Waals surface area contributed by atoms with Crippen LogP contribution in [0.25, 0.3) is 5.57 Å². The Kier molecular flexibility index (Phi) is 6.50. The van der Waals surface area contributed by atoms with Crippen molar-refractivity contribution in [1.82, 2.24) is 0 Å². The van der Waals surface area contributed by atoms with Crippen LogP contribution in [0.4, 0.5) is 21.5 Å². The van der Waals surface area contributed by atoms with Gasteiger partial charge in [0, 0.05) is 24.5 Å². The minimum atomic E-state index is -0.631. The largest absolute Gasteiger partial charge is 0.372 e. The quantitative estimate of drug-likeness (QED) is 0.464. The second kappa shape index (κ2) is 9.51. The number of para-hydroxylation sites is 1. The average Bonchev–Trinajstić information content (AvgIpc) is 3.05. The summed E-state index contributed by atoms with van der Waals surface area (Å²) < 4.78 is 14.6. The fraction of sp³-hybridized carbons (Fsp3) is 0.214. The number of halogens is 1. The van der Waals surface area contributed by atoms with Crippen molar-refractivity contribution in [3.63, 3.8) is 0 Å². The second-order valence-electron chi connectivity index (χ2n) is 8.31. The molecule has 0 aliphatic carbocycles. The number of aryl methyl sites for hydroxylation is 2. The first-order valence-corrected chi connectivity index (χ1v) is 11.4. The first-order chi connectivity index (χ1) is 16.3. The van der Waals surface area contributed by atoms with Gasteiger partial charge in [-0.2, -0.15) is 0 Å². The molecule has 1 N–H and O–H groups in total. The maximum atomic E-state index is 14.6. The third kappa shape index (κ3) is 4.19. The van der Waals surface area contributed by atoms with Crippen molar-refractivity contribution in [1.29, 1.82) is 0 Å². The molecule has 0 fully saturated rings. The number of anilines is 3. The van der Waals surface area contributed by atoms with Gasteiger partial charge >= 0.3 is 0 Å². The molecule has 1 aliphatic rings. The highest BCUT2D eigenvalue weighted by Crippen LogP contribution is 2.36. The highest BCUT2D eigenvalue weighted by molar-refractivity contribution is 6.46. The van der Waals surface area contributed by atoms with Crippen LogP contribution in [0.15, 0.2) is 72.4 Å². The summed E-state index contributed by atoms with van der Waals surface area (Å²) in [7, 11) is 0. The minimum Gasteiger partial charge on any atom is -0.372 e. The van der Waals surface area contributed by atoms with Gasteiger partial charge in [-0.3, -0.25) is 9.59 Å². The number of carbonyl (C=O) groups excluding carboxylic acids is 2. The Morgan fingerprint density at radius 3 is 2.18 bits per heavy atom. The maximum Gasteiger partial charge on any atom is 0.282 e. The molecule has 3 aromatic carbocycles. The fourth-order valence-corrected chi connectivity index (χ4v) is 4.33. The normalized spacial score (nSPS) is 13.6. The molecule has 1 heterocycles. The maximum absolute atomic E-state index is 14.6. The monoisotopic (exact) mass is 457 g/mol. The summed E-state index contributed by atoms with van der Waals surface area (Å²) in [6, 6.07) is 19.2. The molecule has 3 aromatic rings. The molecular weight excluding hydrogens is 429 g/mol. The molecular formula is C28H28FN3O2. The van der Waals surface area contributed by atoms with Crippen molar-refractivity contribution in [2.24, 2.45) is 0 Å². The van der Waals surface area contributed by atoms with Gasteiger partial charge in [0.2, 0.25) is 0 Å². The number of carbonyl (C=O) groups is 2. The number of amides is 2. The first kappa shape index (κ1) is 23.2. The van der Waals surface area contributed by atoms with E-state index in [0.29, 0.717) is 11.3 Å². The van der Waals surface area contributed by atoms with Crippen LogP contribution in [-0.2, 0) is 9.59 Å². The van der Waals surface area contributed by atoms with Crippen LogP contribution < -0.4 is 15.1 Å². The summed E-state index contributed by atoms with van der Waals surface area (Å²) in [5.41, 5.74) is 4.60. The molecule has 0 bridgehead atoms. The Bertz CT molecular complexity index is 1280. The lowest BCUT2D eigenvalue weighted by Crippen LogP contribution is -2.33. The van der Waals surface area contributed by atoms with E-state index >= 15 is 0 Å². The highest BCUT2D eigenvalue weighted by Gasteiger charge is 2.41. The molecule has 4 rings (SSSR count). The summed E-state index contributed by atoms with van der Waals surface area (Å²) >= 11 is 0. The van der Waals surface area contributed by atoms with Gasteiger partial charge in [-0.05, 0) is 75.2 Å². The molecule has 34 heavy (non-hydrogen) atoms. The molecule has 0 saturated carbocycles. The van der Waals surface area contributed by atoms with E-state index in [9.17, 15) is 14.0 Å². The summed E-state index contributed by atoms with van der Waals surface area (Å²) in [5, 5.41) is 3.16. The van der Waals surface area contributed by atoms with Gasteiger partial charge in [-0.25, -0.2) is 9.29 Å². The van der Waals surface area contributed by atoms with E-state index in [0.717, 1.165) is 34.8 Å². The number of hydrogen-bond acceptors (Lipinski definition) is 4. The predicted octanol–water partition coefficient (Wildman–Crippen LogP) is 5.69. The van der Waals surface area contributed by atoms with Crippen LogP contribution in [0.3, 0.4) is 0 Å². The topological polar surface area (TPSA) is 52.7 Å². The molecule has 0 radical (unpaired) electrons. The first-order valence-electron chi connectivity index (χ1n) is 11.4. The van der Waals surface area contributed by atoms with E-state index in [1.54, 1.807) is 6.07 Å². The number of nitrogens with zero attached hydrogens (tertiary/aromatic N) is 2. The van der Waals surface area contributed by atoms with Gasteiger partial charge in [-0.15, -0.1) is 0 Å².